The molecule has 3 rings (SSSR count). The number of benzene rings is 2. The summed E-state index contributed by atoms with van der Waals surface area (Å²) in [5.41, 5.74) is 2.22. The monoisotopic (exact) mass is 392 g/mol. The van der Waals surface area contributed by atoms with Crippen molar-refractivity contribution in [3.05, 3.63) is 59.4 Å². The Morgan fingerprint density at radius 2 is 1.96 bits per heavy atom. The Labute approximate surface area is 158 Å². The smallest absolute Gasteiger partial charge is 0.263 e. The molecule has 0 unspecified atom stereocenters. The Morgan fingerprint density at radius 3 is 2.63 bits per heavy atom. The van der Waals surface area contributed by atoms with Gasteiger partial charge in [0.15, 0.2) is 6.10 Å². The fraction of sp³-hybridized carbons (Fsp3) is 0.316. The van der Waals surface area contributed by atoms with Gasteiger partial charge in [-0.2, -0.15) is 0 Å². The molecule has 1 aliphatic heterocycles. The Morgan fingerprint density at radius 1 is 1.26 bits per heavy atom. The molecule has 0 radical (unpaired) electrons. The van der Waals surface area contributed by atoms with Crippen molar-refractivity contribution in [1.82, 2.24) is 5.32 Å². The number of sulfonamides is 1. The summed E-state index contributed by atoms with van der Waals surface area (Å²) in [6.45, 7) is 2.11. The van der Waals surface area contributed by atoms with Crippen molar-refractivity contribution in [3.8, 4) is 5.75 Å². The van der Waals surface area contributed by atoms with Crippen molar-refractivity contribution < 1.29 is 22.3 Å². The molecule has 1 heterocycles. The van der Waals surface area contributed by atoms with Gasteiger partial charge in [0.1, 0.15) is 11.6 Å². The van der Waals surface area contributed by atoms with Gasteiger partial charge in [0.05, 0.1) is 18.5 Å². The first-order valence-electron chi connectivity index (χ1n) is 8.51. The van der Waals surface area contributed by atoms with Crippen LogP contribution in [0.5, 0.6) is 5.75 Å². The van der Waals surface area contributed by atoms with Crippen LogP contribution < -0.4 is 14.4 Å². The minimum atomic E-state index is -3.55. The summed E-state index contributed by atoms with van der Waals surface area (Å²) in [5, 5.41) is 2.75. The molecule has 0 aliphatic carbocycles. The molecule has 144 valence electrons. The third-order valence-electron chi connectivity index (χ3n) is 4.30. The van der Waals surface area contributed by atoms with Crippen LogP contribution in [0.2, 0.25) is 0 Å². The maximum absolute atomic E-state index is 12.9. The quantitative estimate of drug-likeness (QED) is 0.845. The summed E-state index contributed by atoms with van der Waals surface area (Å²) < 4.78 is 44.2. The summed E-state index contributed by atoms with van der Waals surface area (Å²) >= 11 is 0. The largest absolute Gasteiger partial charge is 0.476 e. The molecule has 2 aromatic carbocycles. The average molecular weight is 392 g/mol. The normalized spacial score (nSPS) is 16.4. The summed E-state index contributed by atoms with van der Waals surface area (Å²) in [4.78, 5) is 12.5. The molecule has 6 nitrogen and oxygen atoms in total. The molecule has 1 aliphatic rings. The van der Waals surface area contributed by atoms with Gasteiger partial charge in [-0.25, -0.2) is 12.8 Å². The topological polar surface area (TPSA) is 75.7 Å². The standard InChI is InChI=1S/C19H21FN2O4S/c1-13-3-8-17-16(11-13)22(27(2,24)25)12-18(26-17)19(23)21-10-9-14-4-6-15(20)7-5-14/h3-8,11,18H,9-10,12H2,1-2H3,(H,21,23)/t18-/m0/s1. The van der Waals surface area contributed by atoms with E-state index in [-0.39, 0.29) is 12.4 Å². The average Bonchev–Trinajstić information content (AvgIpc) is 2.61. The van der Waals surface area contributed by atoms with Gasteiger partial charge in [-0.15, -0.1) is 0 Å². The number of nitrogens with one attached hydrogen (secondary N) is 1. The number of fused-ring (bicyclic) bond motifs is 1. The second kappa shape index (κ2) is 7.56. The SMILES string of the molecule is Cc1ccc2c(c1)N(S(C)(=O)=O)C[C@@H](C(=O)NCCc1ccc(F)cc1)O2. The van der Waals surface area contributed by atoms with Crippen LogP contribution in [0.25, 0.3) is 0 Å². The molecule has 0 fully saturated rings. The molecule has 2 aromatic rings. The predicted octanol–water partition coefficient (Wildman–Crippen LogP) is 2.02. The Hall–Kier alpha value is -2.61. The van der Waals surface area contributed by atoms with E-state index in [9.17, 15) is 17.6 Å². The van der Waals surface area contributed by atoms with Crippen LogP contribution in [0.4, 0.5) is 10.1 Å². The van der Waals surface area contributed by atoms with Crippen molar-refractivity contribution >= 4 is 21.6 Å². The number of ether oxygens (including phenoxy) is 1. The molecule has 27 heavy (non-hydrogen) atoms. The van der Waals surface area contributed by atoms with Crippen molar-refractivity contribution in [3.63, 3.8) is 0 Å². The van der Waals surface area contributed by atoms with Gasteiger partial charge in [-0.1, -0.05) is 18.2 Å². The molecule has 1 N–H and O–H groups in total. The lowest BCUT2D eigenvalue weighted by Crippen LogP contribution is -2.50. The number of hydrogen-bond acceptors (Lipinski definition) is 4. The van der Waals surface area contributed by atoms with E-state index < -0.39 is 22.0 Å². The van der Waals surface area contributed by atoms with Crippen molar-refractivity contribution in [2.24, 2.45) is 0 Å². The zero-order valence-electron chi connectivity index (χ0n) is 15.1. The molecule has 0 saturated heterocycles. The number of carbonyl (C=O) groups excluding carboxylic acids is 1. The van der Waals surface area contributed by atoms with E-state index in [0.29, 0.717) is 24.4 Å². The van der Waals surface area contributed by atoms with Gasteiger partial charge in [-0.3, -0.25) is 9.10 Å². The lowest BCUT2D eigenvalue weighted by atomic mass is 10.1. The fourth-order valence-corrected chi connectivity index (χ4v) is 3.81. The van der Waals surface area contributed by atoms with Gasteiger partial charge < -0.3 is 10.1 Å². The van der Waals surface area contributed by atoms with E-state index in [1.807, 2.05) is 6.92 Å². The molecule has 1 atom stereocenters. The van der Waals surface area contributed by atoms with Crippen molar-refractivity contribution in [1.29, 1.82) is 0 Å². The van der Waals surface area contributed by atoms with E-state index in [1.165, 1.54) is 16.4 Å². The highest BCUT2D eigenvalue weighted by molar-refractivity contribution is 7.92. The summed E-state index contributed by atoms with van der Waals surface area (Å²) in [7, 11) is -3.55. The molecule has 8 heteroatoms. The Balaban J connectivity index is 1.68. The number of nitrogens with zero attached hydrogens (tertiary/aromatic N) is 1. The van der Waals surface area contributed by atoms with Gasteiger partial charge in [0, 0.05) is 6.54 Å². The van der Waals surface area contributed by atoms with Gasteiger partial charge in [0.25, 0.3) is 5.91 Å². The number of hydrogen-bond donors (Lipinski definition) is 1. The van der Waals surface area contributed by atoms with Crippen LogP contribution in [0, 0.1) is 12.7 Å². The van der Waals surface area contributed by atoms with Crippen molar-refractivity contribution in [2.75, 3.05) is 23.7 Å². The summed E-state index contributed by atoms with van der Waals surface area (Å²) in [6.07, 6.45) is 0.696. The van der Waals surface area contributed by atoms with Crippen LogP contribution in [-0.2, 0) is 21.2 Å². The molecule has 0 aromatic heterocycles. The number of carbonyl (C=O) groups is 1. The highest BCUT2D eigenvalue weighted by atomic mass is 32.2. The summed E-state index contributed by atoms with van der Waals surface area (Å²) in [5.74, 6) is -0.346. The lowest BCUT2D eigenvalue weighted by molar-refractivity contribution is -0.127. The molecule has 0 spiro atoms. The first-order valence-corrected chi connectivity index (χ1v) is 10.4. The summed E-state index contributed by atoms with van der Waals surface area (Å²) in [6, 6.07) is 11.2. The zero-order valence-corrected chi connectivity index (χ0v) is 15.9. The first-order chi connectivity index (χ1) is 12.7. The van der Waals surface area contributed by atoms with E-state index in [2.05, 4.69) is 5.32 Å². The number of anilines is 1. The van der Waals surface area contributed by atoms with Crippen LogP contribution in [0.3, 0.4) is 0 Å². The Bertz CT molecular complexity index is 945. The zero-order chi connectivity index (χ0) is 19.6. The van der Waals surface area contributed by atoms with Gasteiger partial charge >= 0.3 is 0 Å². The van der Waals surface area contributed by atoms with E-state index in [1.54, 1.807) is 30.3 Å². The lowest BCUT2D eigenvalue weighted by Gasteiger charge is -2.34. The second-order valence-electron chi connectivity index (χ2n) is 6.54. The van der Waals surface area contributed by atoms with Crippen LogP contribution in [0.15, 0.2) is 42.5 Å². The third kappa shape index (κ3) is 4.57. The van der Waals surface area contributed by atoms with Gasteiger partial charge in [0.2, 0.25) is 10.0 Å². The number of rotatable bonds is 5. The minimum absolute atomic E-state index is 0.0856. The highest BCUT2D eigenvalue weighted by Gasteiger charge is 2.34. The number of aryl methyl sites for hydroxylation is 1. The van der Waals surface area contributed by atoms with E-state index >= 15 is 0 Å². The molecule has 0 bridgehead atoms. The predicted molar refractivity (Wildman–Crippen MR) is 101 cm³/mol. The maximum Gasteiger partial charge on any atom is 0.263 e. The maximum atomic E-state index is 12.9. The second-order valence-corrected chi connectivity index (χ2v) is 8.45. The van der Waals surface area contributed by atoms with E-state index in [0.717, 1.165) is 17.4 Å². The highest BCUT2D eigenvalue weighted by Crippen LogP contribution is 2.35. The molecule has 1 amide bonds. The molecule has 0 saturated carbocycles. The van der Waals surface area contributed by atoms with Gasteiger partial charge in [-0.05, 0) is 48.7 Å². The molecular weight excluding hydrogens is 371 g/mol. The van der Waals surface area contributed by atoms with Crippen LogP contribution in [0.1, 0.15) is 11.1 Å². The van der Waals surface area contributed by atoms with Crippen LogP contribution in [-0.4, -0.2) is 39.8 Å². The number of halogens is 1. The third-order valence-corrected chi connectivity index (χ3v) is 5.45. The van der Waals surface area contributed by atoms with Crippen molar-refractivity contribution in [2.45, 2.75) is 19.4 Å². The minimum Gasteiger partial charge on any atom is -0.476 e. The fourth-order valence-electron chi connectivity index (χ4n) is 2.91. The number of amides is 1. The first kappa shape index (κ1) is 19.2. The Kier molecular flexibility index (Phi) is 5.36. The molecular formula is C19H21FN2O4S. The van der Waals surface area contributed by atoms with Crippen LogP contribution >= 0.6 is 0 Å². The van der Waals surface area contributed by atoms with E-state index in [4.69, 9.17) is 4.74 Å².